The molecule has 10 heteroatoms. The Morgan fingerprint density at radius 1 is 1.14 bits per heavy atom. The van der Waals surface area contributed by atoms with Crippen molar-refractivity contribution in [2.24, 2.45) is 0 Å². The zero-order chi connectivity index (χ0) is 20.1. The molecule has 2 aromatic carbocycles. The first-order valence-electron chi connectivity index (χ1n) is 8.12. The lowest BCUT2D eigenvalue weighted by molar-refractivity contribution is -0.145. The third-order valence-electron chi connectivity index (χ3n) is 3.73. The molecule has 0 aliphatic heterocycles. The second-order valence-corrected chi connectivity index (χ2v) is 8.23. The lowest BCUT2D eigenvalue weighted by Gasteiger charge is -2.16. The Kier molecular flexibility index (Phi) is 6.08. The van der Waals surface area contributed by atoms with E-state index in [1.165, 1.54) is 31.3 Å². The molecule has 0 fully saturated rings. The molecule has 3 aromatic rings. The summed E-state index contributed by atoms with van der Waals surface area (Å²) in [6.45, 7) is -0.724. The number of hydrogen-bond acceptors (Lipinski definition) is 7. The van der Waals surface area contributed by atoms with E-state index in [1.54, 1.807) is 0 Å². The number of esters is 1. The number of rotatable bonds is 7. The number of aromatic nitrogens is 2. The SMILES string of the molecule is CN(CC(=O)OCc1nc(-c2ccccc2)no1)S(=O)(=O)c1ccc(Cl)cc1. The number of carbonyl (C=O) groups excluding carboxylic acids is 1. The van der Waals surface area contributed by atoms with Crippen LogP contribution in [0.3, 0.4) is 0 Å². The predicted molar refractivity (Wildman–Crippen MR) is 101 cm³/mol. The van der Waals surface area contributed by atoms with Crippen molar-refractivity contribution >= 4 is 27.6 Å². The van der Waals surface area contributed by atoms with E-state index in [-0.39, 0.29) is 17.4 Å². The first-order chi connectivity index (χ1) is 13.4. The van der Waals surface area contributed by atoms with Crippen LogP contribution >= 0.6 is 11.6 Å². The van der Waals surface area contributed by atoms with Crippen LogP contribution in [-0.4, -0.2) is 42.4 Å². The van der Waals surface area contributed by atoms with Gasteiger partial charge in [0, 0.05) is 17.6 Å². The maximum Gasteiger partial charge on any atom is 0.321 e. The molecule has 0 aliphatic rings. The number of sulfonamides is 1. The first kappa shape index (κ1) is 20.0. The average molecular weight is 422 g/mol. The molecular formula is C18H16ClN3O5S. The fraction of sp³-hybridized carbons (Fsp3) is 0.167. The molecular weight excluding hydrogens is 406 g/mol. The van der Waals surface area contributed by atoms with Gasteiger partial charge in [-0.05, 0) is 24.3 Å². The van der Waals surface area contributed by atoms with Gasteiger partial charge in [0.1, 0.15) is 6.54 Å². The molecule has 0 aliphatic carbocycles. The van der Waals surface area contributed by atoms with Crippen LogP contribution in [0.2, 0.25) is 5.02 Å². The second kappa shape index (κ2) is 8.51. The molecule has 0 amide bonds. The number of nitrogens with zero attached hydrogens (tertiary/aromatic N) is 3. The van der Waals surface area contributed by atoms with Gasteiger partial charge in [-0.3, -0.25) is 4.79 Å². The Hall–Kier alpha value is -2.75. The van der Waals surface area contributed by atoms with Crippen molar-refractivity contribution < 1.29 is 22.5 Å². The summed E-state index contributed by atoms with van der Waals surface area (Å²) in [6, 6.07) is 14.8. The van der Waals surface area contributed by atoms with E-state index in [0.717, 1.165) is 9.87 Å². The standard InChI is InChI=1S/C18H16ClN3O5S/c1-22(28(24,25)15-9-7-14(19)8-10-15)11-17(23)26-12-16-20-18(21-27-16)13-5-3-2-4-6-13/h2-10H,11-12H2,1H3. The van der Waals surface area contributed by atoms with Crippen LogP contribution in [0.25, 0.3) is 11.4 Å². The highest BCUT2D eigenvalue weighted by molar-refractivity contribution is 7.89. The topological polar surface area (TPSA) is 103 Å². The molecule has 0 spiro atoms. The van der Waals surface area contributed by atoms with Crippen LogP contribution in [0.5, 0.6) is 0 Å². The van der Waals surface area contributed by atoms with Gasteiger partial charge in [0.15, 0.2) is 6.61 Å². The molecule has 0 unspecified atom stereocenters. The summed E-state index contributed by atoms with van der Waals surface area (Å²) in [7, 11) is -2.56. The Labute approximate surface area is 166 Å². The molecule has 3 rings (SSSR count). The van der Waals surface area contributed by atoms with E-state index in [9.17, 15) is 13.2 Å². The van der Waals surface area contributed by atoms with Gasteiger partial charge in [0.05, 0.1) is 4.90 Å². The summed E-state index contributed by atoms with van der Waals surface area (Å²) in [4.78, 5) is 16.2. The van der Waals surface area contributed by atoms with Gasteiger partial charge < -0.3 is 9.26 Å². The second-order valence-electron chi connectivity index (χ2n) is 5.75. The van der Waals surface area contributed by atoms with Crippen molar-refractivity contribution in [3.63, 3.8) is 0 Å². The van der Waals surface area contributed by atoms with Crippen LogP contribution in [0.15, 0.2) is 64.0 Å². The van der Waals surface area contributed by atoms with Crippen molar-refractivity contribution in [3.05, 3.63) is 65.5 Å². The van der Waals surface area contributed by atoms with Crippen LogP contribution in [-0.2, 0) is 26.2 Å². The number of hydrogen-bond donors (Lipinski definition) is 0. The lowest BCUT2D eigenvalue weighted by Crippen LogP contribution is -2.33. The minimum Gasteiger partial charge on any atom is -0.455 e. The molecule has 1 aromatic heterocycles. The molecule has 0 bridgehead atoms. The summed E-state index contributed by atoms with van der Waals surface area (Å²) < 4.78 is 35.9. The van der Waals surface area contributed by atoms with E-state index in [1.807, 2.05) is 30.3 Å². The monoisotopic (exact) mass is 421 g/mol. The summed E-state index contributed by atoms with van der Waals surface area (Å²) in [5.41, 5.74) is 0.762. The van der Waals surface area contributed by atoms with Crippen LogP contribution in [0.4, 0.5) is 0 Å². The fourth-order valence-electron chi connectivity index (χ4n) is 2.26. The van der Waals surface area contributed by atoms with Gasteiger partial charge in [0.25, 0.3) is 5.89 Å². The van der Waals surface area contributed by atoms with Crippen LogP contribution in [0, 0.1) is 0 Å². The summed E-state index contributed by atoms with van der Waals surface area (Å²) in [5.74, 6) is -0.274. The van der Waals surface area contributed by atoms with Crippen LogP contribution in [0.1, 0.15) is 5.89 Å². The fourth-order valence-corrected chi connectivity index (χ4v) is 3.50. The van der Waals surface area contributed by atoms with E-state index in [2.05, 4.69) is 10.1 Å². The van der Waals surface area contributed by atoms with E-state index in [0.29, 0.717) is 10.8 Å². The van der Waals surface area contributed by atoms with E-state index >= 15 is 0 Å². The maximum absolute atomic E-state index is 12.4. The number of halogens is 1. The Morgan fingerprint density at radius 3 is 2.50 bits per heavy atom. The number of benzene rings is 2. The van der Waals surface area contributed by atoms with Gasteiger partial charge in [-0.15, -0.1) is 0 Å². The van der Waals surface area contributed by atoms with Crippen LogP contribution < -0.4 is 0 Å². The minimum atomic E-state index is -3.84. The summed E-state index contributed by atoms with van der Waals surface area (Å²) in [6.07, 6.45) is 0. The average Bonchev–Trinajstić information content (AvgIpc) is 3.16. The highest BCUT2D eigenvalue weighted by Crippen LogP contribution is 2.18. The van der Waals surface area contributed by atoms with Gasteiger partial charge in [0.2, 0.25) is 15.8 Å². The molecule has 28 heavy (non-hydrogen) atoms. The number of carbonyl (C=O) groups is 1. The zero-order valence-corrected chi connectivity index (χ0v) is 16.4. The molecule has 8 nitrogen and oxygen atoms in total. The highest BCUT2D eigenvalue weighted by atomic mass is 35.5. The summed E-state index contributed by atoms with van der Waals surface area (Å²) >= 11 is 5.76. The van der Waals surface area contributed by atoms with Gasteiger partial charge in [-0.25, -0.2) is 8.42 Å². The normalized spacial score (nSPS) is 11.5. The number of ether oxygens (including phenoxy) is 1. The van der Waals surface area contributed by atoms with Crippen molar-refractivity contribution in [1.82, 2.24) is 14.4 Å². The highest BCUT2D eigenvalue weighted by Gasteiger charge is 2.24. The first-order valence-corrected chi connectivity index (χ1v) is 9.93. The van der Waals surface area contributed by atoms with Gasteiger partial charge in [-0.1, -0.05) is 47.1 Å². The molecule has 1 heterocycles. The van der Waals surface area contributed by atoms with Gasteiger partial charge >= 0.3 is 5.97 Å². The quantitative estimate of drug-likeness (QED) is 0.540. The Bertz CT molecular complexity index is 1050. The molecule has 0 saturated carbocycles. The zero-order valence-electron chi connectivity index (χ0n) is 14.8. The lowest BCUT2D eigenvalue weighted by atomic mass is 10.2. The van der Waals surface area contributed by atoms with E-state index in [4.69, 9.17) is 20.9 Å². The third kappa shape index (κ3) is 4.75. The molecule has 0 N–H and O–H groups in total. The molecule has 0 atom stereocenters. The number of likely N-dealkylation sites (N-methyl/N-ethyl adjacent to an activating group) is 1. The van der Waals surface area contributed by atoms with Crippen molar-refractivity contribution in [2.45, 2.75) is 11.5 Å². The van der Waals surface area contributed by atoms with Crippen molar-refractivity contribution in [1.29, 1.82) is 0 Å². The Balaban J connectivity index is 1.57. The maximum atomic E-state index is 12.4. The third-order valence-corrected chi connectivity index (χ3v) is 5.80. The summed E-state index contributed by atoms with van der Waals surface area (Å²) in [5, 5.41) is 4.23. The smallest absolute Gasteiger partial charge is 0.321 e. The predicted octanol–water partition coefficient (Wildman–Crippen LogP) is 2.75. The van der Waals surface area contributed by atoms with E-state index < -0.39 is 22.5 Å². The van der Waals surface area contributed by atoms with Crippen molar-refractivity contribution in [3.8, 4) is 11.4 Å². The van der Waals surface area contributed by atoms with Crippen molar-refractivity contribution in [2.75, 3.05) is 13.6 Å². The Morgan fingerprint density at radius 2 is 1.82 bits per heavy atom. The molecule has 0 radical (unpaired) electrons. The van der Waals surface area contributed by atoms with Gasteiger partial charge in [-0.2, -0.15) is 9.29 Å². The molecule has 146 valence electrons. The molecule has 0 saturated heterocycles. The minimum absolute atomic E-state index is 0.0246. The largest absolute Gasteiger partial charge is 0.455 e.